The van der Waals surface area contributed by atoms with Crippen LogP contribution in [0, 0.1) is 17.0 Å². The van der Waals surface area contributed by atoms with Gasteiger partial charge in [-0.05, 0) is 25.8 Å². The summed E-state index contributed by atoms with van der Waals surface area (Å²) < 4.78 is 0. The molecule has 0 saturated carbocycles. The predicted molar refractivity (Wildman–Crippen MR) is 68.3 cm³/mol. The number of hydrogen-bond acceptors (Lipinski definition) is 4. The van der Waals surface area contributed by atoms with Crippen LogP contribution in [0.4, 0.5) is 11.5 Å². The molecule has 1 rings (SSSR count). The molecular weight excluding hydrogens is 218 g/mol. The third-order valence-electron chi connectivity index (χ3n) is 2.56. The maximum Gasteiger partial charge on any atom is 0.290 e. The SMILES string of the molecule is C=CCCCN(C)c1cc(C)c([N+](=O)[O-])cn1. The number of pyridine rings is 1. The van der Waals surface area contributed by atoms with Crippen LogP contribution in [0.5, 0.6) is 0 Å². The van der Waals surface area contributed by atoms with E-state index in [1.54, 1.807) is 13.0 Å². The number of nitrogens with zero attached hydrogens (tertiary/aromatic N) is 3. The highest BCUT2D eigenvalue weighted by atomic mass is 16.6. The molecule has 5 heteroatoms. The number of aromatic nitrogens is 1. The van der Waals surface area contributed by atoms with Gasteiger partial charge in [-0.3, -0.25) is 10.1 Å². The zero-order valence-electron chi connectivity index (χ0n) is 10.2. The highest BCUT2D eigenvalue weighted by Gasteiger charge is 2.12. The minimum atomic E-state index is -0.413. The summed E-state index contributed by atoms with van der Waals surface area (Å²) in [6.07, 6.45) is 5.14. The zero-order valence-corrected chi connectivity index (χ0v) is 10.2. The van der Waals surface area contributed by atoms with E-state index in [-0.39, 0.29) is 5.69 Å². The molecular formula is C12H17N3O2. The van der Waals surface area contributed by atoms with Gasteiger partial charge in [0.15, 0.2) is 0 Å². The van der Waals surface area contributed by atoms with Gasteiger partial charge in [-0.15, -0.1) is 6.58 Å². The first-order chi connectivity index (χ1) is 8.06. The molecule has 0 fully saturated rings. The van der Waals surface area contributed by atoms with Crippen LogP contribution in [-0.4, -0.2) is 23.5 Å². The molecule has 0 unspecified atom stereocenters. The quantitative estimate of drug-likeness (QED) is 0.329. The first-order valence-electron chi connectivity index (χ1n) is 5.49. The Morgan fingerprint density at radius 3 is 2.88 bits per heavy atom. The second kappa shape index (κ2) is 5.98. The van der Waals surface area contributed by atoms with Crippen LogP contribution in [0.2, 0.25) is 0 Å². The van der Waals surface area contributed by atoms with Gasteiger partial charge in [0.25, 0.3) is 5.69 Å². The maximum atomic E-state index is 10.7. The minimum absolute atomic E-state index is 0.0632. The van der Waals surface area contributed by atoms with E-state index < -0.39 is 4.92 Å². The fourth-order valence-corrected chi connectivity index (χ4v) is 1.52. The molecule has 1 heterocycles. The predicted octanol–water partition coefficient (Wildman–Crippen LogP) is 2.70. The van der Waals surface area contributed by atoms with Crippen molar-refractivity contribution < 1.29 is 4.92 Å². The van der Waals surface area contributed by atoms with Gasteiger partial charge in [-0.25, -0.2) is 4.98 Å². The highest BCUT2D eigenvalue weighted by molar-refractivity contribution is 5.48. The van der Waals surface area contributed by atoms with Crippen molar-refractivity contribution in [2.24, 2.45) is 0 Å². The molecule has 0 radical (unpaired) electrons. The van der Waals surface area contributed by atoms with Gasteiger partial charge >= 0.3 is 0 Å². The Kier molecular flexibility index (Phi) is 4.63. The second-order valence-electron chi connectivity index (χ2n) is 3.94. The van der Waals surface area contributed by atoms with E-state index in [1.807, 2.05) is 18.0 Å². The van der Waals surface area contributed by atoms with Crippen molar-refractivity contribution in [3.8, 4) is 0 Å². The largest absolute Gasteiger partial charge is 0.360 e. The van der Waals surface area contributed by atoms with Crippen LogP contribution in [0.15, 0.2) is 24.9 Å². The highest BCUT2D eigenvalue weighted by Crippen LogP contribution is 2.20. The lowest BCUT2D eigenvalue weighted by molar-refractivity contribution is -0.385. The Morgan fingerprint density at radius 2 is 2.35 bits per heavy atom. The van der Waals surface area contributed by atoms with Crippen LogP contribution in [-0.2, 0) is 0 Å². The van der Waals surface area contributed by atoms with E-state index >= 15 is 0 Å². The minimum Gasteiger partial charge on any atom is -0.360 e. The van der Waals surface area contributed by atoms with E-state index in [9.17, 15) is 10.1 Å². The lowest BCUT2D eigenvalue weighted by Crippen LogP contribution is -2.19. The number of rotatable bonds is 6. The number of nitro groups is 1. The normalized spacial score (nSPS) is 10.0. The Hall–Kier alpha value is -1.91. The van der Waals surface area contributed by atoms with Crippen LogP contribution in [0.1, 0.15) is 18.4 Å². The first kappa shape index (κ1) is 13.2. The average Bonchev–Trinajstić information content (AvgIpc) is 2.28. The smallest absolute Gasteiger partial charge is 0.290 e. The number of anilines is 1. The Morgan fingerprint density at radius 1 is 1.65 bits per heavy atom. The van der Waals surface area contributed by atoms with Crippen molar-refractivity contribution in [3.05, 3.63) is 40.6 Å². The molecule has 0 aromatic carbocycles. The molecule has 17 heavy (non-hydrogen) atoms. The molecule has 0 N–H and O–H groups in total. The molecule has 0 saturated heterocycles. The molecule has 0 aliphatic heterocycles. The third-order valence-corrected chi connectivity index (χ3v) is 2.56. The lowest BCUT2D eigenvalue weighted by Gasteiger charge is -2.17. The number of hydrogen-bond donors (Lipinski definition) is 0. The van der Waals surface area contributed by atoms with Crippen molar-refractivity contribution in [2.75, 3.05) is 18.5 Å². The zero-order chi connectivity index (χ0) is 12.8. The second-order valence-corrected chi connectivity index (χ2v) is 3.94. The summed E-state index contributed by atoms with van der Waals surface area (Å²) in [4.78, 5) is 16.3. The van der Waals surface area contributed by atoms with E-state index in [2.05, 4.69) is 11.6 Å². The topological polar surface area (TPSA) is 59.3 Å². The van der Waals surface area contributed by atoms with Crippen molar-refractivity contribution >= 4 is 11.5 Å². The molecule has 92 valence electrons. The summed E-state index contributed by atoms with van der Waals surface area (Å²) in [7, 11) is 1.93. The van der Waals surface area contributed by atoms with Gasteiger partial charge in [0, 0.05) is 19.2 Å². The van der Waals surface area contributed by atoms with Crippen LogP contribution < -0.4 is 4.90 Å². The third kappa shape index (κ3) is 3.55. The lowest BCUT2D eigenvalue weighted by atomic mass is 10.2. The van der Waals surface area contributed by atoms with Crippen LogP contribution >= 0.6 is 0 Å². The van der Waals surface area contributed by atoms with Crippen LogP contribution in [0.3, 0.4) is 0 Å². The van der Waals surface area contributed by atoms with Crippen molar-refractivity contribution in [3.63, 3.8) is 0 Å². The van der Waals surface area contributed by atoms with Gasteiger partial charge in [0.2, 0.25) is 0 Å². The standard InChI is InChI=1S/C12H17N3O2/c1-4-5-6-7-14(3)12-8-10(2)11(9-13-12)15(16)17/h4,8-9H,1,5-7H2,2-3H3. The summed E-state index contributed by atoms with van der Waals surface area (Å²) in [5.41, 5.74) is 0.698. The molecule has 0 spiro atoms. The molecule has 0 atom stereocenters. The molecule has 0 aliphatic carbocycles. The van der Waals surface area contributed by atoms with Crippen molar-refractivity contribution in [1.29, 1.82) is 0 Å². The Labute approximate surface area is 101 Å². The number of aryl methyl sites for hydroxylation is 1. The van der Waals surface area contributed by atoms with E-state index in [0.717, 1.165) is 25.2 Å². The van der Waals surface area contributed by atoms with E-state index in [0.29, 0.717) is 5.56 Å². The maximum absolute atomic E-state index is 10.7. The summed E-state index contributed by atoms with van der Waals surface area (Å²) in [6.45, 7) is 6.25. The van der Waals surface area contributed by atoms with E-state index in [4.69, 9.17) is 0 Å². The summed E-state index contributed by atoms with van der Waals surface area (Å²) in [5.74, 6) is 0.761. The summed E-state index contributed by atoms with van der Waals surface area (Å²) in [6, 6.07) is 1.74. The molecule has 5 nitrogen and oxygen atoms in total. The van der Waals surface area contributed by atoms with Gasteiger partial charge < -0.3 is 4.90 Å². The molecule has 1 aromatic heterocycles. The molecule has 0 amide bonds. The number of unbranched alkanes of at least 4 members (excludes halogenated alkanes) is 1. The fourth-order valence-electron chi connectivity index (χ4n) is 1.52. The van der Waals surface area contributed by atoms with E-state index in [1.165, 1.54) is 6.20 Å². The van der Waals surface area contributed by atoms with Gasteiger partial charge in [0.05, 0.1) is 4.92 Å². The van der Waals surface area contributed by atoms with Gasteiger partial charge in [-0.1, -0.05) is 6.08 Å². The van der Waals surface area contributed by atoms with Crippen molar-refractivity contribution in [2.45, 2.75) is 19.8 Å². The fraction of sp³-hybridized carbons (Fsp3) is 0.417. The molecule has 0 aliphatic rings. The Bertz CT molecular complexity index is 418. The monoisotopic (exact) mass is 235 g/mol. The molecule has 0 bridgehead atoms. The number of allylic oxidation sites excluding steroid dienone is 1. The van der Waals surface area contributed by atoms with Gasteiger partial charge in [0.1, 0.15) is 12.0 Å². The van der Waals surface area contributed by atoms with Crippen LogP contribution in [0.25, 0.3) is 0 Å². The summed E-state index contributed by atoms with van der Waals surface area (Å²) >= 11 is 0. The van der Waals surface area contributed by atoms with Crippen molar-refractivity contribution in [1.82, 2.24) is 4.98 Å². The first-order valence-corrected chi connectivity index (χ1v) is 5.49. The summed E-state index contributed by atoms with van der Waals surface area (Å²) in [5, 5.41) is 10.7. The average molecular weight is 235 g/mol. The van der Waals surface area contributed by atoms with Gasteiger partial charge in [-0.2, -0.15) is 0 Å². The Balaban J connectivity index is 2.75. The molecule has 1 aromatic rings.